The van der Waals surface area contributed by atoms with Gasteiger partial charge in [0.1, 0.15) is 6.54 Å². The van der Waals surface area contributed by atoms with Crippen molar-refractivity contribution >= 4 is 5.97 Å². The van der Waals surface area contributed by atoms with Crippen molar-refractivity contribution in [2.75, 3.05) is 19.8 Å². The summed E-state index contributed by atoms with van der Waals surface area (Å²) in [5.41, 5.74) is 0. The van der Waals surface area contributed by atoms with Gasteiger partial charge in [-0.3, -0.25) is 4.79 Å². The molecule has 0 aromatic heterocycles. The SMILES string of the molecule is CCCCCCCCCCCCCCN1C=CN(CC(=O)O)C1. The van der Waals surface area contributed by atoms with Crippen LogP contribution in [0.5, 0.6) is 0 Å². The molecule has 0 aliphatic carbocycles. The first kappa shape index (κ1) is 19.9. The van der Waals surface area contributed by atoms with Gasteiger partial charge in [0.15, 0.2) is 0 Å². The third kappa shape index (κ3) is 11.1. The zero-order chi connectivity index (χ0) is 16.8. The molecule has 0 saturated carbocycles. The average Bonchev–Trinajstić information content (AvgIpc) is 2.95. The molecule has 134 valence electrons. The van der Waals surface area contributed by atoms with Gasteiger partial charge in [0.25, 0.3) is 0 Å². The Balaban J connectivity index is 1.80. The van der Waals surface area contributed by atoms with Gasteiger partial charge in [-0.1, -0.05) is 77.6 Å². The fourth-order valence-corrected chi connectivity index (χ4v) is 3.09. The molecular weight excluding hydrogens is 288 g/mol. The molecule has 0 aromatic rings. The maximum atomic E-state index is 10.6. The zero-order valence-electron chi connectivity index (χ0n) is 15.0. The van der Waals surface area contributed by atoms with Gasteiger partial charge in [-0.25, -0.2) is 0 Å². The molecule has 0 amide bonds. The maximum Gasteiger partial charge on any atom is 0.323 e. The summed E-state index contributed by atoms with van der Waals surface area (Å²) in [4.78, 5) is 14.7. The fourth-order valence-electron chi connectivity index (χ4n) is 3.09. The molecule has 0 fully saturated rings. The molecule has 1 heterocycles. The van der Waals surface area contributed by atoms with Crippen molar-refractivity contribution in [3.05, 3.63) is 12.4 Å². The molecule has 0 saturated heterocycles. The summed E-state index contributed by atoms with van der Waals surface area (Å²) >= 11 is 0. The van der Waals surface area contributed by atoms with E-state index >= 15 is 0 Å². The van der Waals surface area contributed by atoms with Gasteiger partial charge >= 0.3 is 5.97 Å². The number of carbonyl (C=O) groups is 1. The number of carboxylic acids is 1. The van der Waals surface area contributed by atoms with Gasteiger partial charge in [0.05, 0.1) is 6.67 Å². The van der Waals surface area contributed by atoms with Crippen LogP contribution in [0.15, 0.2) is 12.4 Å². The molecule has 1 aliphatic heterocycles. The molecule has 0 atom stereocenters. The van der Waals surface area contributed by atoms with Crippen LogP contribution in [0.25, 0.3) is 0 Å². The second kappa shape index (κ2) is 13.3. The largest absolute Gasteiger partial charge is 0.480 e. The number of hydrogen-bond donors (Lipinski definition) is 1. The van der Waals surface area contributed by atoms with Gasteiger partial charge < -0.3 is 14.9 Å². The molecule has 1 rings (SSSR count). The Bertz CT molecular complexity index is 331. The van der Waals surface area contributed by atoms with E-state index < -0.39 is 5.97 Å². The smallest absolute Gasteiger partial charge is 0.323 e. The Hall–Kier alpha value is -1.19. The van der Waals surface area contributed by atoms with E-state index in [2.05, 4.69) is 11.8 Å². The Morgan fingerprint density at radius 1 is 0.826 bits per heavy atom. The molecule has 1 aliphatic rings. The lowest BCUT2D eigenvalue weighted by Crippen LogP contribution is -2.29. The third-order valence-electron chi connectivity index (χ3n) is 4.49. The summed E-state index contributed by atoms with van der Waals surface area (Å²) in [5, 5.41) is 8.75. The van der Waals surface area contributed by atoms with Gasteiger partial charge in [-0.2, -0.15) is 0 Å². The lowest BCUT2D eigenvalue weighted by Gasteiger charge is -2.19. The number of rotatable bonds is 15. The first-order valence-corrected chi connectivity index (χ1v) is 9.60. The Kier molecular flexibility index (Phi) is 11.5. The monoisotopic (exact) mass is 324 g/mol. The second-order valence-electron chi connectivity index (χ2n) is 6.78. The number of unbranched alkanes of at least 4 members (excludes halogenated alkanes) is 11. The molecular formula is C19H36N2O2. The predicted molar refractivity (Wildman–Crippen MR) is 96.1 cm³/mol. The summed E-state index contributed by atoms with van der Waals surface area (Å²) in [6.45, 7) is 4.14. The van der Waals surface area contributed by atoms with Crippen LogP contribution in [0.3, 0.4) is 0 Å². The van der Waals surface area contributed by atoms with Crippen LogP contribution in [-0.2, 0) is 4.79 Å². The summed E-state index contributed by atoms with van der Waals surface area (Å²) in [6.07, 6.45) is 20.3. The summed E-state index contributed by atoms with van der Waals surface area (Å²) in [5.74, 6) is -0.762. The second-order valence-corrected chi connectivity index (χ2v) is 6.78. The van der Waals surface area contributed by atoms with Crippen molar-refractivity contribution in [2.24, 2.45) is 0 Å². The first-order valence-electron chi connectivity index (χ1n) is 9.60. The van der Waals surface area contributed by atoms with Crippen LogP contribution in [0.1, 0.15) is 84.0 Å². The highest BCUT2D eigenvalue weighted by atomic mass is 16.4. The highest BCUT2D eigenvalue weighted by Crippen LogP contribution is 2.13. The topological polar surface area (TPSA) is 43.8 Å². The molecule has 4 nitrogen and oxygen atoms in total. The van der Waals surface area contributed by atoms with Crippen molar-refractivity contribution in [1.82, 2.24) is 9.80 Å². The van der Waals surface area contributed by atoms with Crippen LogP contribution in [-0.4, -0.2) is 40.6 Å². The molecule has 4 heteroatoms. The fraction of sp³-hybridized carbons (Fsp3) is 0.842. The molecule has 1 N–H and O–H groups in total. The summed E-state index contributed by atoms with van der Waals surface area (Å²) in [6, 6.07) is 0. The number of hydrogen-bond acceptors (Lipinski definition) is 3. The Labute approximate surface area is 142 Å². The minimum Gasteiger partial charge on any atom is -0.480 e. The lowest BCUT2D eigenvalue weighted by molar-refractivity contribution is -0.137. The van der Waals surface area contributed by atoms with Crippen LogP contribution in [0.4, 0.5) is 0 Å². The zero-order valence-corrected chi connectivity index (χ0v) is 15.0. The van der Waals surface area contributed by atoms with E-state index in [0.717, 1.165) is 13.2 Å². The number of nitrogens with zero attached hydrogens (tertiary/aromatic N) is 2. The average molecular weight is 325 g/mol. The summed E-state index contributed by atoms with van der Waals surface area (Å²) < 4.78 is 0. The normalized spacial score (nSPS) is 14.0. The molecule has 0 aromatic carbocycles. The molecule has 0 radical (unpaired) electrons. The maximum absolute atomic E-state index is 10.6. The van der Waals surface area contributed by atoms with Gasteiger partial charge in [0.2, 0.25) is 0 Å². The third-order valence-corrected chi connectivity index (χ3v) is 4.49. The minimum atomic E-state index is -0.762. The Morgan fingerprint density at radius 3 is 1.83 bits per heavy atom. The van der Waals surface area contributed by atoms with E-state index in [1.54, 1.807) is 0 Å². The lowest BCUT2D eigenvalue weighted by atomic mass is 10.1. The van der Waals surface area contributed by atoms with E-state index in [0.29, 0.717) is 0 Å². The van der Waals surface area contributed by atoms with Crippen LogP contribution >= 0.6 is 0 Å². The number of carboxylic acid groups (broad SMARTS) is 1. The molecule has 0 unspecified atom stereocenters. The van der Waals surface area contributed by atoms with Crippen LogP contribution < -0.4 is 0 Å². The van der Waals surface area contributed by atoms with Crippen molar-refractivity contribution in [3.63, 3.8) is 0 Å². The quantitative estimate of drug-likeness (QED) is 0.439. The highest BCUT2D eigenvalue weighted by molar-refractivity contribution is 5.69. The van der Waals surface area contributed by atoms with Gasteiger partial charge in [-0.05, 0) is 6.42 Å². The minimum absolute atomic E-state index is 0.103. The van der Waals surface area contributed by atoms with Crippen LogP contribution in [0, 0.1) is 0 Å². The predicted octanol–water partition coefficient (Wildman–Crippen LogP) is 4.82. The molecule has 23 heavy (non-hydrogen) atoms. The summed E-state index contributed by atoms with van der Waals surface area (Å²) in [7, 11) is 0. The van der Waals surface area contributed by atoms with E-state index in [9.17, 15) is 4.79 Å². The molecule has 0 spiro atoms. The molecule has 0 bridgehead atoms. The van der Waals surface area contributed by atoms with Gasteiger partial charge in [-0.15, -0.1) is 0 Å². The highest BCUT2D eigenvalue weighted by Gasteiger charge is 2.13. The number of aliphatic carboxylic acids is 1. The van der Waals surface area contributed by atoms with E-state index in [1.807, 2.05) is 17.3 Å². The van der Waals surface area contributed by atoms with Crippen LogP contribution in [0.2, 0.25) is 0 Å². The Morgan fingerprint density at radius 2 is 1.30 bits per heavy atom. The van der Waals surface area contributed by atoms with Crippen molar-refractivity contribution in [3.8, 4) is 0 Å². The van der Waals surface area contributed by atoms with Crippen molar-refractivity contribution < 1.29 is 9.90 Å². The first-order chi connectivity index (χ1) is 11.2. The van der Waals surface area contributed by atoms with E-state index in [1.165, 1.54) is 77.0 Å². The van der Waals surface area contributed by atoms with Crippen molar-refractivity contribution in [2.45, 2.75) is 84.0 Å². The van der Waals surface area contributed by atoms with Gasteiger partial charge in [0, 0.05) is 18.9 Å². The van der Waals surface area contributed by atoms with E-state index in [4.69, 9.17) is 5.11 Å². The standard InChI is InChI=1S/C19H36N2O2/c1-2-3-4-5-6-7-8-9-10-11-12-13-14-20-15-16-21(18-20)17-19(22)23/h15-16H,2-14,17-18H2,1H3,(H,22,23). The van der Waals surface area contributed by atoms with E-state index in [-0.39, 0.29) is 6.54 Å². The van der Waals surface area contributed by atoms with Crippen molar-refractivity contribution in [1.29, 1.82) is 0 Å².